The summed E-state index contributed by atoms with van der Waals surface area (Å²) in [5.74, 6) is 0.644. The smallest absolute Gasteiger partial charge is 0.260 e. The number of para-hydroxylation sites is 1. The van der Waals surface area contributed by atoms with Crippen molar-refractivity contribution in [2.24, 2.45) is 0 Å². The maximum atomic E-state index is 12.4. The minimum absolute atomic E-state index is 0.0189. The van der Waals surface area contributed by atoms with Crippen molar-refractivity contribution < 1.29 is 23.8 Å². The summed E-state index contributed by atoms with van der Waals surface area (Å²) in [5.41, 5.74) is 1.09. The lowest BCUT2D eigenvalue weighted by molar-refractivity contribution is -0.143. The van der Waals surface area contributed by atoms with E-state index in [4.69, 9.17) is 14.2 Å². The normalized spacial score (nSPS) is 14.4. The first kappa shape index (κ1) is 20.2. The summed E-state index contributed by atoms with van der Waals surface area (Å²) in [7, 11) is 1.59. The van der Waals surface area contributed by atoms with E-state index in [-0.39, 0.29) is 25.0 Å². The van der Waals surface area contributed by atoms with Crippen molar-refractivity contribution in [3.63, 3.8) is 0 Å². The Balaban J connectivity index is 1.71. The Hall–Kier alpha value is -2.12. The van der Waals surface area contributed by atoms with Crippen LogP contribution in [0.25, 0.3) is 0 Å². The van der Waals surface area contributed by atoms with Gasteiger partial charge in [-0.2, -0.15) is 0 Å². The van der Waals surface area contributed by atoms with Crippen LogP contribution in [0.4, 0.5) is 0 Å². The SMILES string of the molecule is CCc1ccccc1OCC(=O)N1CCN(C(=O)COCCOC)CC1. The van der Waals surface area contributed by atoms with E-state index in [9.17, 15) is 9.59 Å². The molecule has 1 saturated heterocycles. The van der Waals surface area contributed by atoms with Crippen molar-refractivity contribution in [3.8, 4) is 5.75 Å². The molecule has 1 aromatic rings. The van der Waals surface area contributed by atoms with Gasteiger partial charge >= 0.3 is 0 Å². The van der Waals surface area contributed by atoms with Gasteiger partial charge in [0.25, 0.3) is 5.91 Å². The average Bonchev–Trinajstić information content (AvgIpc) is 2.69. The number of ether oxygens (including phenoxy) is 3. The Kier molecular flexibility index (Phi) is 8.37. The molecule has 144 valence electrons. The highest BCUT2D eigenvalue weighted by Crippen LogP contribution is 2.18. The third kappa shape index (κ3) is 6.00. The van der Waals surface area contributed by atoms with Crippen molar-refractivity contribution in [2.75, 3.05) is 59.7 Å². The van der Waals surface area contributed by atoms with Crippen LogP contribution in [0, 0.1) is 0 Å². The molecule has 2 rings (SSSR count). The van der Waals surface area contributed by atoms with Crippen LogP contribution in [0.5, 0.6) is 5.75 Å². The van der Waals surface area contributed by atoms with Crippen molar-refractivity contribution in [2.45, 2.75) is 13.3 Å². The molecule has 0 aliphatic carbocycles. The monoisotopic (exact) mass is 364 g/mol. The molecule has 0 atom stereocenters. The van der Waals surface area contributed by atoms with Gasteiger partial charge in [-0.3, -0.25) is 9.59 Å². The number of hydrogen-bond donors (Lipinski definition) is 0. The van der Waals surface area contributed by atoms with Gasteiger partial charge in [0, 0.05) is 33.3 Å². The second-order valence-electron chi connectivity index (χ2n) is 6.06. The maximum absolute atomic E-state index is 12.4. The standard InChI is InChI=1S/C19H28N2O5/c1-3-16-6-4-5-7-17(16)26-15-19(23)21-10-8-20(9-11-21)18(22)14-25-13-12-24-2/h4-7H,3,8-15H2,1-2H3. The van der Waals surface area contributed by atoms with E-state index < -0.39 is 0 Å². The predicted molar refractivity (Wildman–Crippen MR) is 97.2 cm³/mol. The molecule has 2 amide bonds. The molecule has 1 aliphatic heterocycles. The topological polar surface area (TPSA) is 68.3 Å². The fourth-order valence-electron chi connectivity index (χ4n) is 2.77. The molecule has 0 bridgehead atoms. The Morgan fingerprint density at radius 1 is 0.962 bits per heavy atom. The summed E-state index contributed by atoms with van der Waals surface area (Å²) in [6.45, 7) is 5.06. The fraction of sp³-hybridized carbons (Fsp3) is 0.579. The highest BCUT2D eigenvalue weighted by atomic mass is 16.5. The first-order chi connectivity index (χ1) is 12.7. The molecule has 0 unspecified atom stereocenters. The number of methoxy groups -OCH3 is 1. The van der Waals surface area contributed by atoms with Crippen molar-refractivity contribution in [1.82, 2.24) is 9.80 Å². The molecule has 0 spiro atoms. The number of carbonyl (C=O) groups excluding carboxylic acids is 2. The molecular weight excluding hydrogens is 336 g/mol. The lowest BCUT2D eigenvalue weighted by atomic mass is 10.1. The van der Waals surface area contributed by atoms with E-state index in [1.807, 2.05) is 24.3 Å². The number of hydrogen-bond acceptors (Lipinski definition) is 5. The molecule has 26 heavy (non-hydrogen) atoms. The number of aryl methyl sites for hydroxylation is 1. The van der Waals surface area contributed by atoms with Gasteiger partial charge in [-0.1, -0.05) is 25.1 Å². The molecule has 1 aliphatic rings. The predicted octanol–water partition coefficient (Wildman–Crippen LogP) is 0.962. The van der Waals surface area contributed by atoms with Gasteiger partial charge in [0.15, 0.2) is 6.61 Å². The number of amides is 2. The van der Waals surface area contributed by atoms with Crippen LogP contribution in [0.1, 0.15) is 12.5 Å². The van der Waals surface area contributed by atoms with Crippen molar-refractivity contribution in [1.29, 1.82) is 0 Å². The van der Waals surface area contributed by atoms with Crippen LogP contribution in [-0.2, 0) is 25.5 Å². The van der Waals surface area contributed by atoms with Crippen LogP contribution >= 0.6 is 0 Å². The number of nitrogens with zero attached hydrogens (tertiary/aromatic N) is 2. The van der Waals surface area contributed by atoms with Crippen LogP contribution in [-0.4, -0.2) is 81.3 Å². The van der Waals surface area contributed by atoms with E-state index in [0.717, 1.165) is 17.7 Å². The van der Waals surface area contributed by atoms with Gasteiger partial charge in [-0.15, -0.1) is 0 Å². The largest absolute Gasteiger partial charge is 0.483 e. The number of benzene rings is 1. The molecule has 1 heterocycles. The van der Waals surface area contributed by atoms with Crippen LogP contribution in [0.3, 0.4) is 0 Å². The van der Waals surface area contributed by atoms with Gasteiger partial charge in [0.05, 0.1) is 13.2 Å². The van der Waals surface area contributed by atoms with Crippen molar-refractivity contribution in [3.05, 3.63) is 29.8 Å². The third-order valence-electron chi connectivity index (χ3n) is 4.35. The van der Waals surface area contributed by atoms with Crippen LogP contribution < -0.4 is 4.74 Å². The number of carbonyl (C=O) groups is 2. The third-order valence-corrected chi connectivity index (χ3v) is 4.35. The zero-order valence-electron chi connectivity index (χ0n) is 15.6. The Morgan fingerprint density at radius 3 is 2.19 bits per heavy atom. The highest BCUT2D eigenvalue weighted by molar-refractivity contribution is 5.80. The maximum Gasteiger partial charge on any atom is 0.260 e. The highest BCUT2D eigenvalue weighted by Gasteiger charge is 2.24. The van der Waals surface area contributed by atoms with Gasteiger partial charge in [0.1, 0.15) is 12.4 Å². The second kappa shape index (κ2) is 10.8. The summed E-state index contributed by atoms with van der Waals surface area (Å²) in [6.07, 6.45) is 0.859. The van der Waals surface area contributed by atoms with E-state index in [0.29, 0.717) is 39.4 Å². The minimum atomic E-state index is -0.0562. The van der Waals surface area contributed by atoms with Crippen LogP contribution in [0.15, 0.2) is 24.3 Å². The molecular formula is C19H28N2O5. The van der Waals surface area contributed by atoms with E-state index in [2.05, 4.69) is 6.92 Å². The summed E-state index contributed by atoms with van der Waals surface area (Å²) in [6, 6.07) is 7.74. The molecule has 0 saturated carbocycles. The van der Waals surface area contributed by atoms with E-state index in [1.54, 1.807) is 16.9 Å². The van der Waals surface area contributed by atoms with Crippen molar-refractivity contribution >= 4 is 11.8 Å². The number of piperazine rings is 1. The fourth-order valence-corrected chi connectivity index (χ4v) is 2.77. The average molecular weight is 364 g/mol. The lowest BCUT2D eigenvalue weighted by Gasteiger charge is -2.34. The second-order valence-corrected chi connectivity index (χ2v) is 6.06. The van der Waals surface area contributed by atoms with E-state index in [1.165, 1.54) is 0 Å². The Morgan fingerprint density at radius 2 is 1.58 bits per heavy atom. The lowest BCUT2D eigenvalue weighted by Crippen LogP contribution is -2.52. The molecule has 0 N–H and O–H groups in total. The zero-order chi connectivity index (χ0) is 18.8. The van der Waals surface area contributed by atoms with Gasteiger partial charge in [0.2, 0.25) is 5.91 Å². The molecule has 1 aromatic carbocycles. The quantitative estimate of drug-likeness (QED) is 0.611. The summed E-state index contributed by atoms with van der Waals surface area (Å²) < 4.78 is 15.8. The molecule has 1 fully saturated rings. The Labute approximate surface area is 154 Å². The van der Waals surface area contributed by atoms with Gasteiger partial charge < -0.3 is 24.0 Å². The molecule has 0 radical (unpaired) electrons. The molecule has 0 aromatic heterocycles. The summed E-state index contributed by atoms with van der Waals surface area (Å²) in [5, 5.41) is 0. The molecule has 7 heteroatoms. The van der Waals surface area contributed by atoms with E-state index >= 15 is 0 Å². The van der Waals surface area contributed by atoms with Gasteiger partial charge in [-0.05, 0) is 18.1 Å². The Bertz CT molecular complexity index is 585. The van der Waals surface area contributed by atoms with Crippen LogP contribution in [0.2, 0.25) is 0 Å². The molecule has 7 nitrogen and oxygen atoms in total. The summed E-state index contributed by atoms with van der Waals surface area (Å²) >= 11 is 0. The zero-order valence-corrected chi connectivity index (χ0v) is 15.6. The minimum Gasteiger partial charge on any atom is -0.483 e. The summed E-state index contributed by atoms with van der Waals surface area (Å²) in [4.78, 5) is 27.9. The first-order valence-electron chi connectivity index (χ1n) is 8.98. The van der Waals surface area contributed by atoms with Gasteiger partial charge in [-0.25, -0.2) is 0 Å². The first-order valence-corrected chi connectivity index (χ1v) is 8.98. The number of rotatable bonds is 9.